The zero-order valence-electron chi connectivity index (χ0n) is 9.11. The summed E-state index contributed by atoms with van der Waals surface area (Å²) in [7, 11) is 1.05. The summed E-state index contributed by atoms with van der Waals surface area (Å²) in [4.78, 5) is 2.58. The molecule has 2 rings (SSSR count). The van der Waals surface area contributed by atoms with Gasteiger partial charge in [0, 0.05) is 17.1 Å². The van der Waals surface area contributed by atoms with E-state index in [2.05, 4.69) is 9.72 Å². The molecule has 0 aliphatic carbocycles. The molecule has 0 aliphatic rings. The lowest BCUT2D eigenvalue weighted by molar-refractivity contribution is -0.289. The van der Waals surface area contributed by atoms with Gasteiger partial charge in [-0.2, -0.15) is 22.0 Å². The van der Waals surface area contributed by atoms with Crippen LogP contribution < -0.4 is 4.74 Å². The maximum Gasteiger partial charge on any atom is 0.458 e. The van der Waals surface area contributed by atoms with Crippen LogP contribution in [0.15, 0.2) is 24.4 Å². The Bertz CT molecular complexity index is 572. The van der Waals surface area contributed by atoms with Crippen molar-refractivity contribution in [1.82, 2.24) is 4.98 Å². The SMILES string of the molecule is COc1cc2cc[nH]c2cc1C(F)(F)C(F)(F)F. The Hall–Kier alpha value is -1.79. The third-order valence-electron chi connectivity index (χ3n) is 2.57. The average molecular weight is 265 g/mol. The Balaban J connectivity index is 2.68. The van der Waals surface area contributed by atoms with Gasteiger partial charge in [-0.15, -0.1) is 0 Å². The molecule has 1 aromatic heterocycles. The molecule has 0 saturated heterocycles. The van der Waals surface area contributed by atoms with Crippen LogP contribution >= 0.6 is 0 Å². The number of hydrogen-bond donors (Lipinski definition) is 1. The summed E-state index contributed by atoms with van der Waals surface area (Å²) in [6, 6.07) is 3.44. The van der Waals surface area contributed by atoms with E-state index in [9.17, 15) is 22.0 Å². The van der Waals surface area contributed by atoms with Crippen molar-refractivity contribution in [3.63, 3.8) is 0 Å². The summed E-state index contributed by atoms with van der Waals surface area (Å²) in [5.74, 6) is -5.46. The lowest BCUT2D eigenvalue weighted by Gasteiger charge is -2.22. The first-order chi connectivity index (χ1) is 8.27. The van der Waals surface area contributed by atoms with E-state index in [-0.39, 0.29) is 5.52 Å². The molecule has 0 fully saturated rings. The number of halogens is 5. The van der Waals surface area contributed by atoms with Gasteiger partial charge in [-0.05, 0) is 18.2 Å². The number of H-pyrrole nitrogens is 1. The highest BCUT2D eigenvalue weighted by Gasteiger charge is 2.60. The number of methoxy groups -OCH3 is 1. The maximum absolute atomic E-state index is 13.3. The number of fused-ring (bicyclic) bond motifs is 1. The average Bonchev–Trinajstić information content (AvgIpc) is 2.72. The molecule has 1 aromatic carbocycles. The predicted octanol–water partition coefficient (Wildman–Crippen LogP) is 3.83. The van der Waals surface area contributed by atoms with Gasteiger partial charge in [0.15, 0.2) is 0 Å². The van der Waals surface area contributed by atoms with Gasteiger partial charge < -0.3 is 9.72 Å². The van der Waals surface area contributed by atoms with Crippen molar-refractivity contribution < 1.29 is 26.7 Å². The first-order valence-electron chi connectivity index (χ1n) is 4.87. The molecule has 0 atom stereocenters. The topological polar surface area (TPSA) is 25.0 Å². The molecule has 2 aromatic rings. The van der Waals surface area contributed by atoms with E-state index in [0.29, 0.717) is 5.39 Å². The Morgan fingerprint density at radius 2 is 1.78 bits per heavy atom. The summed E-state index contributed by atoms with van der Waals surface area (Å²) < 4.78 is 68.3. The summed E-state index contributed by atoms with van der Waals surface area (Å²) in [5.41, 5.74) is -1.01. The van der Waals surface area contributed by atoms with Gasteiger partial charge in [-0.3, -0.25) is 0 Å². The van der Waals surface area contributed by atoms with Crippen LogP contribution in [0, 0.1) is 0 Å². The molecule has 0 radical (unpaired) electrons. The Morgan fingerprint density at radius 1 is 1.11 bits per heavy atom. The second kappa shape index (κ2) is 3.86. The lowest BCUT2D eigenvalue weighted by Crippen LogP contribution is -2.34. The second-order valence-electron chi connectivity index (χ2n) is 3.69. The van der Waals surface area contributed by atoms with E-state index in [0.717, 1.165) is 19.2 Å². The van der Waals surface area contributed by atoms with Crippen LogP contribution in [-0.2, 0) is 5.92 Å². The van der Waals surface area contributed by atoms with Crippen LogP contribution in [0.2, 0.25) is 0 Å². The van der Waals surface area contributed by atoms with Gasteiger partial charge in [-0.1, -0.05) is 0 Å². The molecule has 0 bridgehead atoms. The standard InChI is InChI=1S/C11H8F5NO/c1-18-9-4-6-2-3-17-8(6)5-7(9)10(12,13)11(14,15)16/h2-5,17H,1H3. The van der Waals surface area contributed by atoms with Crippen molar-refractivity contribution in [3.8, 4) is 5.75 Å². The van der Waals surface area contributed by atoms with Gasteiger partial charge in [0.2, 0.25) is 0 Å². The molecule has 0 saturated carbocycles. The summed E-state index contributed by atoms with van der Waals surface area (Å²) in [6.07, 6.45) is -4.22. The Morgan fingerprint density at radius 3 is 2.33 bits per heavy atom. The highest BCUT2D eigenvalue weighted by Crippen LogP contribution is 2.47. The minimum atomic E-state index is -5.67. The van der Waals surface area contributed by atoms with E-state index < -0.39 is 23.4 Å². The van der Waals surface area contributed by atoms with Crippen LogP contribution in [0.25, 0.3) is 10.9 Å². The van der Waals surface area contributed by atoms with Gasteiger partial charge in [0.25, 0.3) is 0 Å². The molecule has 2 nitrogen and oxygen atoms in total. The summed E-state index contributed by atoms with van der Waals surface area (Å²) in [5, 5.41) is 0.494. The molecular formula is C11H8F5NO. The van der Waals surface area contributed by atoms with Gasteiger partial charge in [-0.25, -0.2) is 0 Å². The predicted molar refractivity (Wildman–Crippen MR) is 54.8 cm³/mol. The van der Waals surface area contributed by atoms with Gasteiger partial charge in [0.1, 0.15) is 5.75 Å². The number of ether oxygens (including phenoxy) is 1. The van der Waals surface area contributed by atoms with Gasteiger partial charge in [0.05, 0.1) is 12.7 Å². The van der Waals surface area contributed by atoms with Crippen LogP contribution in [0.4, 0.5) is 22.0 Å². The number of nitrogens with one attached hydrogen (secondary N) is 1. The number of alkyl halides is 5. The number of rotatable bonds is 2. The zero-order chi connectivity index (χ0) is 13.6. The molecule has 1 N–H and O–H groups in total. The molecule has 0 unspecified atom stereocenters. The van der Waals surface area contributed by atoms with Crippen molar-refractivity contribution in [3.05, 3.63) is 30.0 Å². The molecule has 0 amide bonds. The molecule has 7 heteroatoms. The lowest BCUT2D eigenvalue weighted by atomic mass is 10.0. The van der Waals surface area contributed by atoms with Crippen LogP contribution in [0.1, 0.15) is 5.56 Å². The molecule has 18 heavy (non-hydrogen) atoms. The van der Waals surface area contributed by atoms with E-state index in [1.807, 2.05) is 0 Å². The quantitative estimate of drug-likeness (QED) is 0.820. The molecule has 1 heterocycles. The van der Waals surface area contributed by atoms with Crippen molar-refractivity contribution in [1.29, 1.82) is 0 Å². The van der Waals surface area contributed by atoms with Gasteiger partial charge >= 0.3 is 12.1 Å². The third-order valence-corrected chi connectivity index (χ3v) is 2.57. The van der Waals surface area contributed by atoms with Crippen LogP contribution in [0.3, 0.4) is 0 Å². The highest BCUT2D eigenvalue weighted by molar-refractivity contribution is 5.82. The third kappa shape index (κ3) is 1.79. The summed E-state index contributed by atoms with van der Waals surface area (Å²) in [6.45, 7) is 0. The van der Waals surface area contributed by atoms with Crippen molar-refractivity contribution >= 4 is 10.9 Å². The number of aromatic amines is 1. The van der Waals surface area contributed by atoms with Crippen molar-refractivity contribution in [2.24, 2.45) is 0 Å². The molecule has 0 spiro atoms. The first kappa shape index (κ1) is 12.7. The van der Waals surface area contributed by atoms with E-state index in [4.69, 9.17) is 0 Å². The minimum absolute atomic E-state index is 0.190. The van der Waals surface area contributed by atoms with E-state index in [1.165, 1.54) is 6.20 Å². The monoisotopic (exact) mass is 265 g/mol. The van der Waals surface area contributed by atoms with E-state index in [1.54, 1.807) is 6.07 Å². The maximum atomic E-state index is 13.3. The fourth-order valence-electron chi connectivity index (χ4n) is 1.65. The Kier molecular flexibility index (Phi) is 2.71. The van der Waals surface area contributed by atoms with E-state index >= 15 is 0 Å². The van der Waals surface area contributed by atoms with Crippen molar-refractivity contribution in [2.45, 2.75) is 12.1 Å². The van der Waals surface area contributed by atoms with Crippen LogP contribution in [0.5, 0.6) is 5.75 Å². The second-order valence-corrected chi connectivity index (χ2v) is 3.69. The summed E-state index contributed by atoms with van der Waals surface area (Å²) >= 11 is 0. The molecule has 0 aliphatic heterocycles. The Labute approximate surface area is 98.4 Å². The largest absolute Gasteiger partial charge is 0.496 e. The van der Waals surface area contributed by atoms with Crippen LogP contribution in [-0.4, -0.2) is 18.3 Å². The zero-order valence-corrected chi connectivity index (χ0v) is 9.11. The fraction of sp³-hybridized carbons (Fsp3) is 0.273. The smallest absolute Gasteiger partial charge is 0.458 e. The fourth-order valence-corrected chi connectivity index (χ4v) is 1.65. The molecule has 98 valence electrons. The highest BCUT2D eigenvalue weighted by atomic mass is 19.4. The minimum Gasteiger partial charge on any atom is -0.496 e. The van der Waals surface area contributed by atoms with Crippen molar-refractivity contribution in [2.75, 3.05) is 7.11 Å². The normalized spacial score (nSPS) is 13.0. The number of benzene rings is 1. The number of hydrogen-bond acceptors (Lipinski definition) is 1. The number of aromatic nitrogens is 1. The first-order valence-corrected chi connectivity index (χ1v) is 4.87. The molecular weight excluding hydrogens is 257 g/mol.